The highest BCUT2D eigenvalue weighted by Gasteiger charge is 2.30. The Morgan fingerprint density at radius 2 is 1.10 bits per heavy atom. The van der Waals surface area contributed by atoms with Gasteiger partial charge in [0.15, 0.2) is 0 Å². The molecule has 0 bridgehead atoms. The van der Waals surface area contributed by atoms with Crippen LogP contribution in [0.4, 0.5) is 17.1 Å². The fraction of sp³-hybridized carbons (Fsp3) is 0.0357. The van der Waals surface area contributed by atoms with Crippen molar-refractivity contribution in [2.45, 2.75) is 5.92 Å². The molecule has 12 rings (SSSR count). The summed E-state index contributed by atoms with van der Waals surface area (Å²) in [5.41, 5.74) is 12.6. The molecule has 2 atom stereocenters. The minimum atomic E-state index is 0.213. The first-order valence-corrected chi connectivity index (χ1v) is 21.1. The number of furan rings is 1. The summed E-state index contributed by atoms with van der Waals surface area (Å²) in [5, 5.41) is 6.29. The molecule has 0 amide bonds. The molecule has 2 aliphatic carbocycles. The minimum absolute atomic E-state index is 0.213. The first-order chi connectivity index (χ1) is 29.2. The molecule has 0 radical (unpaired) electrons. The van der Waals surface area contributed by atoms with Gasteiger partial charge in [-0.15, -0.1) is 11.3 Å². The van der Waals surface area contributed by atoms with E-state index in [4.69, 9.17) is 4.42 Å². The van der Waals surface area contributed by atoms with Crippen molar-refractivity contribution >= 4 is 76.4 Å². The number of fused-ring (bicyclic) bond motifs is 9. The van der Waals surface area contributed by atoms with Crippen LogP contribution in [0.15, 0.2) is 211 Å². The van der Waals surface area contributed by atoms with Gasteiger partial charge in [-0.3, -0.25) is 0 Å². The maximum atomic E-state index is 6.67. The van der Waals surface area contributed by atoms with Crippen LogP contribution in [0.2, 0.25) is 0 Å². The van der Waals surface area contributed by atoms with Crippen molar-refractivity contribution in [3.05, 3.63) is 218 Å². The van der Waals surface area contributed by atoms with Crippen LogP contribution in [0, 0.1) is 5.92 Å². The number of allylic oxidation sites excluding steroid dienone is 5. The lowest BCUT2D eigenvalue weighted by Crippen LogP contribution is -2.11. The molecule has 0 fully saturated rings. The first-order valence-electron chi connectivity index (χ1n) is 20.3. The predicted octanol–water partition coefficient (Wildman–Crippen LogP) is 16.3. The van der Waals surface area contributed by atoms with Gasteiger partial charge in [-0.05, 0) is 98.8 Å². The molecule has 2 nitrogen and oxygen atoms in total. The number of rotatable bonds is 6. The molecular weight excluding hydrogens is 735 g/mol. The van der Waals surface area contributed by atoms with Gasteiger partial charge in [0.2, 0.25) is 0 Å². The summed E-state index contributed by atoms with van der Waals surface area (Å²) in [4.78, 5) is 2.40. The van der Waals surface area contributed by atoms with Gasteiger partial charge in [-0.2, -0.15) is 0 Å². The van der Waals surface area contributed by atoms with E-state index in [-0.39, 0.29) is 5.92 Å². The van der Waals surface area contributed by atoms with E-state index in [1.807, 2.05) is 11.3 Å². The molecule has 0 N–H and O–H groups in total. The highest BCUT2D eigenvalue weighted by molar-refractivity contribution is 7.25. The van der Waals surface area contributed by atoms with Crippen molar-refractivity contribution in [1.29, 1.82) is 0 Å². The Balaban J connectivity index is 1.01. The van der Waals surface area contributed by atoms with E-state index in [0.29, 0.717) is 5.92 Å². The molecule has 278 valence electrons. The fourth-order valence-electron chi connectivity index (χ4n) is 9.48. The zero-order valence-corrected chi connectivity index (χ0v) is 32.9. The number of benzene rings is 8. The van der Waals surface area contributed by atoms with E-state index >= 15 is 0 Å². The molecule has 10 aromatic rings. The van der Waals surface area contributed by atoms with Gasteiger partial charge in [0.1, 0.15) is 11.3 Å². The molecule has 2 aliphatic rings. The second-order valence-electron chi connectivity index (χ2n) is 15.6. The molecule has 2 aromatic heterocycles. The zero-order valence-electron chi connectivity index (χ0n) is 32.1. The molecule has 0 spiro atoms. The summed E-state index contributed by atoms with van der Waals surface area (Å²) in [7, 11) is 0. The lowest BCUT2D eigenvalue weighted by Gasteiger charge is -2.27. The van der Waals surface area contributed by atoms with Gasteiger partial charge in [-0.1, -0.05) is 158 Å². The average molecular weight is 772 g/mol. The fourth-order valence-corrected chi connectivity index (χ4v) is 10.6. The summed E-state index contributed by atoms with van der Waals surface area (Å²) in [6.45, 7) is 0. The van der Waals surface area contributed by atoms with Gasteiger partial charge in [0.05, 0.1) is 0 Å². The smallest absolute Gasteiger partial charge is 0.135 e. The highest BCUT2D eigenvalue weighted by atomic mass is 32.1. The lowest BCUT2D eigenvalue weighted by atomic mass is 9.80. The Morgan fingerprint density at radius 3 is 1.95 bits per heavy atom. The van der Waals surface area contributed by atoms with Crippen molar-refractivity contribution in [3.8, 4) is 33.4 Å². The second kappa shape index (κ2) is 13.7. The van der Waals surface area contributed by atoms with Crippen LogP contribution in [0.3, 0.4) is 0 Å². The quantitative estimate of drug-likeness (QED) is 0.167. The summed E-state index contributed by atoms with van der Waals surface area (Å²) in [6.07, 6.45) is 13.4. The van der Waals surface area contributed by atoms with Crippen LogP contribution < -0.4 is 4.90 Å². The maximum Gasteiger partial charge on any atom is 0.135 e. The number of nitrogens with zero attached hydrogens (tertiary/aromatic N) is 1. The number of thiophene rings is 1. The standard InChI is InChI=1S/C56H37NOS/c1-3-19-44-36(12-1)14-9-22-45(44)39-15-7-17-42(34-39)57(41-31-28-38(29-32-41)46-24-11-27-53-55(46)49-21-5-6-26-52(49)59-53)43-18-8-16-40(35-43)47-23-10-25-51-54(47)50-33-30-37-13-2-4-20-48(37)56(50)58-51/h1-35,37,48H. The summed E-state index contributed by atoms with van der Waals surface area (Å²) >= 11 is 1.86. The molecule has 8 aromatic carbocycles. The van der Waals surface area contributed by atoms with Gasteiger partial charge >= 0.3 is 0 Å². The van der Waals surface area contributed by atoms with Crippen molar-refractivity contribution in [3.63, 3.8) is 0 Å². The Hall–Kier alpha value is -7.20. The van der Waals surface area contributed by atoms with Gasteiger partial charge in [0, 0.05) is 60.0 Å². The topological polar surface area (TPSA) is 16.4 Å². The van der Waals surface area contributed by atoms with E-state index < -0.39 is 0 Å². The van der Waals surface area contributed by atoms with E-state index in [0.717, 1.165) is 34.0 Å². The zero-order chi connectivity index (χ0) is 38.9. The summed E-state index contributed by atoms with van der Waals surface area (Å²) in [5.74, 6) is 1.58. The number of hydrogen-bond donors (Lipinski definition) is 0. The van der Waals surface area contributed by atoms with Crippen LogP contribution in [-0.2, 0) is 0 Å². The highest BCUT2D eigenvalue weighted by Crippen LogP contribution is 2.47. The first kappa shape index (κ1) is 33.9. The molecule has 0 saturated heterocycles. The summed E-state index contributed by atoms with van der Waals surface area (Å²) < 4.78 is 9.30. The van der Waals surface area contributed by atoms with Crippen LogP contribution in [0.25, 0.3) is 81.4 Å². The average Bonchev–Trinajstić information content (AvgIpc) is 3.89. The number of hydrogen-bond acceptors (Lipinski definition) is 3. The van der Waals surface area contributed by atoms with Gasteiger partial charge in [-0.25, -0.2) is 0 Å². The van der Waals surface area contributed by atoms with E-state index in [2.05, 4.69) is 217 Å². The number of anilines is 3. The summed E-state index contributed by atoms with van der Waals surface area (Å²) in [6, 6.07) is 64.3. The molecule has 3 heteroatoms. The molecular formula is C56H37NOS. The predicted molar refractivity (Wildman–Crippen MR) is 251 cm³/mol. The third-order valence-electron chi connectivity index (χ3n) is 12.2. The van der Waals surface area contributed by atoms with E-state index in [1.54, 1.807) is 0 Å². The van der Waals surface area contributed by atoms with Crippen LogP contribution in [0.1, 0.15) is 17.2 Å². The van der Waals surface area contributed by atoms with Crippen molar-refractivity contribution < 1.29 is 4.42 Å². The maximum absolute atomic E-state index is 6.67. The van der Waals surface area contributed by atoms with Crippen LogP contribution in [-0.4, -0.2) is 0 Å². The Labute approximate surface area is 346 Å². The van der Waals surface area contributed by atoms with E-state index in [9.17, 15) is 0 Å². The van der Waals surface area contributed by atoms with Crippen molar-refractivity contribution in [2.75, 3.05) is 4.90 Å². The normalized spacial score (nSPS) is 15.6. The van der Waals surface area contributed by atoms with Crippen molar-refractivity contribution in [2.24, 2.45) is 5.92 Å². The van der Waals surface area contributed by atoms with Gasteiger partial charge in [0.25, 0.3) is 0 Å². The Morgan fingerprint density at radius 1 is 0.458 bits per heavy atom. The molecule has 59 heavy (non-hydrogen) atoms. The third-order valence-corrected chi connectivity index (χ3v) is 13.3. The third kappa shape index (κ3) is 5.61. The molecule has 2 heterocycles. The van der Waals surface area contributed by atoms with E-state index in [1.165, 1.54) is 69.7 Å². The molecule has 0 aliphatic heterocycles. The SMILES string of the molecule is C1=CC2C=Cc3c(oc4cccc(-c5cccc(N(c6ccc(-c7cccc8sc9ccccc9c78)cc6)c6cccc(-c7cccc8ccccc78)c6)c5)c34)C2C=C1. The van der Waals surface area contributed by atoms with Crippen LogP contribution in [0.5, 0.6) is 0 Å². The molecule has 0 saturated carbocycles. The van der Waals surface area contributed by atoms with Gasteiger partial charge < -0.3 is 9.32 Å². The minimum Gasteiger partial charge on any atom is -0.460 e. The monoisotopic (exact) mass is 771 g/mol. The van der Waals surface area contributed by atoms with Crippen molar-refractivity contribution in [1.82, 2.24) is 0 Å². The largest absolute Gasteiger partial charge is 0.460 e. The Bertz CT molecular complexity index is 3350. The Kier molecular flexibility index (Phi) is 7.89. The molecule has 2 unspecified atom stereocenters. The lowest BCUT2D eigenvalue weighted by molar-refractivity contribution is 0.492. The second-order valence-corrected chi connectivity index (χ2v) is 16.7. The van der Waals surface area contributed by atoms with Crippen LogP contribution >= 0.6 is 11.3 Å².